The molecular weight excluding hydrogens is 340 g/mol. The molecule has 1 aromatic rings. The fourth-order valence-corrected chi connectivity index (χ4v) is 3.57. The second-order valence-corrected chi connectivity index (χ2v) is 6.45. The molecule has 0 radical (unpaired) electrons. The Kier molecular flexibility index (Phi) is 7.38. The van der Waals surface area contributed by atoms with Crippen molar-refractivity contribution in [1.82, 2.24) is 10.2 Å². The molecule has 0 aliphatic carbocycles. The van der Waals surface area contributed by atoms with E-state index in [2.05, 4.69) is 17.4 Å². The van der Waals surface area contributed by atoms with Crippen LogP contribution >= 0.6 is 12.4 Å². The summed E-state index contributed by atoms with van der Waals surface area (Å²) < 4.78 is 11.4. The molecule has 1 aromatic carbocycles. The van der Waals surface area contributed by atoms with Gasteiger partial charge >= 0.3 is 0 Å². The van der Waals surface area contributed by atoms with Crippen molar-refractivity contribution in [2.24, 2.45) is 0 Å². The number of hydrogen-bond acceptors (Lipinski definition) is 4. The van der Waals surface area contributed by atoms with Gasteiger partial charge in [-0.1, -0.05) is 6.42 Å². The molecule has 2 aliphatic heterocycles. The number of amides is 1. The Balaban J connectivity index is 0.00000225. The van der Waals surface area contributed by atoms with Crippen LogP contribution in [0.15, 0.2) is 12.1 Å². The highest BCUT2D eigenvalue weighted by molar-refractivity contribution is 5.85. The minimum Gasteiger partial charge on any atom is -0.490 e. The van der Waals surface area contributed by atoms with Crippen molar-refractivity contribution in [3.8, 4) is 11.5 Å². The first-order chi connectivity index (χ1) is 11.7. The molecule has 6 heteroatoms. The maximum absolute atomic E-state index is 12.8. The van der Waals surface area contributed by atoms with Gasteiger partial charge in [-0.3, -0.25) is 4.79 Å². The number of halogens is 1. The van der Waals surface area contributed by atoms with Crippen LogP contribution in [0, 0.1) is 0 Å². The lowest BCUT2D eigenvalue weighted by molar-refractivity contribution is -0.135. The minimum atomic E-state index is -0.00522. The van der Waals surface area contributed by atoms with Gasteiger partial charge in [0.25, 0.3) is 0 Å². The lowest BCUT2D eigenvalue weighted by Crippen LogP contribution is -2.49. The molecule has 0 spiro atoms. The van der Waals surface area contributed by atoms with E-state index in [1.807, 2.05) is 18.7 Å². The predicted octanol–water partition coefficient (Wildman–Crippen LogP) is 2.93. The third-order valence-corrected chi connectivity index (χ3v) is 4.80. The highest BCUT2D eigenvalue weighted by Crippen LogP contribution is 2.34. The first kappa shape index (κ1) is 19.9. The van der Waals surface area contributed by atoms with E-state index in [1.165, 1.54) is 17.5 Å². The Bertz CT molecular complexity index is 588. The summed E-state index contributed by atoms with van der Waals surface area (Å²) in [5, 5.41) is 3.36. The summed E-state index contributed by atoms with van der Waals surface area (Å²) in [6, 6.07) is 4.14. The molecule has 1 saturated heterocycles. The van der Waals surface area contributed by atoms with Gasteiger partial charge in [0.1, 0.15) is 0 Å². The third-order valence-electron chi connectivity index (χ3n) is 4.80. The topological polar surface area (TPSA) is 50.8 Å². The average Bonchev–Trinajstić information content (AvgIpc) is 2.62. The number of carbonyl (C=O) groups is 1. The van der Waals surface area contributed by atoms with Gasteiger partial charge in [0.2, 0.25) is 5.91 Å². The van der Waals surface area contributed by atoms with Crippen LogP contribution in [0.3, 0.4) is 0 Å². The molecule has 0 saturated carbocycles. The van der Waals surface area contributed by atoms with Gasteiger partial charge in [0, 0.05) is 13.1 Å². The van der Waals surface area contributed by atoms with Gasteiger partial charge in [-0.05, 0) is 62.9 Å². The van der Waals surface area contributed by atoms with Gasteiger partial charge in [-0.2, -0.15) is 0 Å². The Morgan fingerprint density at radius 3 is 2.44 bits per heavy atom. The van der Waals surface area contributed by atoms with E-state index < -0.39 is 0 Å². The SMILES string of the molecule is CCOc1cc2c(cc1OCC)CN(C(=O)C1CCCCN1)CC2.Cl. The molecule has 0 aromatic heterocycles. The number of benzene rings is 1. The van der Waals surface area contributed by atoms with E-state index in [9.17, 15) is 4.79 Å². The van der Waals surface area contributed by atoms with Gasteiger partial charge in [-0.15, -0.1) is 12.4 Å². The highest BCUT2D eigenvalue weighted by Gasteiger charge is 2.29. The molecule has 0 bridgehead atoms. The van der Waals surface area contributed by atoms with Crippen molar-refractivity contribution in [2.75, 3.05) is 26.3 Å². The summed E-state index contributed by atoms with van der Waals surface area (Å²) in [5.41, 5.74) is 2.44. The molecule has 2 heterocycles. The zero-order valence-electron chi connectivity index (χ0n) is 15.2. The van der Waals surface area contributed by atoms with Crippen molar-refractivity contribution >= 4 is 18.3 Å². The molecule has 25 heavy (non-hydrogen) atoms. The molecular formula is C19H29ClN2O3. The molecule has 1 atom stereocenters. The van der Waals surface area contributed by atoms with E-state index >= 15 is 0 Å². The van der Waals surface area contributed by atoms with Gasteiger partial charge in [-0.25, -0.2) is 0 Å². The number of piperidine rings is 1. The summed E-state index contributed by atoms with van der Waals surface area (Å²) >= 11 is 0. The summed E-state index contributed by atoms with van der Waals surface area (Å²) in [6.45, 7) is 7.58. The first-order valence-electron chi connectivity index (χ1n) is 9.16. The lowest BCUT2D eigenvalue weighted by Gasteiger charge is -2.34. The Labute approximate surface area is 156 Å². The zero-order valence-corrected chi connectivity index (χ0v) is 16.0. The van der Waals surface area contributed by atoms with Crippen molar-refractivity contribution in [1.29, 1.82) is 0 Å². The average molecular weight is 369 g/mol. The molecule has 1 fully saturated rings. The number of rotatable bonds is 5. The van der Waals surface area contributed by atoms with Crippen LogP contribution in [0.5, 0.6) is 11.5 Å². The second kappa shape index (κ2) is 9.30. The molecule has 1 N–H and O–H groups in total. The molecule has 1 unspecified atom stereocenters. The predicted molar refractivity (Wildman–Crippen MR) is 101 cm³/mol. The standard InChI is InChI=1S/C19H28N2O3.ClH/c1-3-23-17-11-14-8-10-21(13-15(14)12-18(17)24-4-2)19(22)16-7-5-6-9-20-16;/h11-12,16,20H,3-10,13H2,1-2H3;1H. The summed E-state index contributed by atoms with van der Waals surface area (Å²) in [5.74, 6) is 1.84. The van der Waals surface area contributed by atoms with Crippen LogP contribution in [0.1, 0.15) is 44.2 Å². The van der Waals surface area contributed by atoms with Gasteiger partial charge in [0.15, 0.2) is 11.5 Å². The number of nitrogens with zero attached hydrogens (tertiary/aromatic N) is 1. The summed E-state index contributed by atoms with van der Waals surface area (Å²) in [4.78, 5) is 14.7. The Hall–Kier alpha value is -1.46. The van der Waals surface area contributed by atoms with Crippen LogP contribution in [0.4, 0.5) is 0 Å². The number of hydrogen-bond donors (Lipinski definition) is 1. The van der Waals surface area contributed by atoms with Crippen LogP contribution < -0.4 is 14.8 Å². The van der Waals surface area contributed by atoms with Crippen LogP contribution in [-0.2, 0) is 17.8 Å². The van der Waals surface area contributed by atoms with Crippen LogP contribution in [0.2, 0.25) is 0 Å². The largest absolute Gasteiger partial charge is 0.490 e. The van der Waals surface area contributed by atoms with Crippen molar-refractivity contribution in [2.45, 2.75) is 52.1 Å². The zero-order chi connectivity index (χ0) is 16.9. The molecule has 140 valence electrons. The van der Waals surface area contributed by atoms with E-state index in [4.69, 9.17) is 9.47 Å². The fourth-order valence-electron chi connectivity index (χ4n) is 3.57. The number of nitrogens with one attached hydrogen (secondary N) is 1. The normalized spacial score (nSPS) is 19.6. The highest BCUT2D eigenvalue weighted by atomic mass is 35.5. The quantitative estimate of drug-likeness (QED) is 0.868. The summed E-state index contributed by atoms with van der Waals surface area (Å²) in [7, 11) is 0. The van der Waals surface area contributed by atoms with Crippen LogP contribution in [-0.4, -0.2) is 43.2 Å². The lowest BCUT2D eigenvalue weighted by atomic mass is 9.97. The first-order valence-corrected chi connectivity index (χ1v) is 9.16. The van der Waals surface area contributed by atoms with E-state index in [0.29, 0.717) is 19.8 Å². The van der Waals surface area contributed by atoms with Crippen molar-refractivity contribution < 1.29 is 14.3 Å². The van der Waals surface area contributed by atoms with E-state index in [-0.39, 0.29) is 24.4 Å². The molecule has 5 nitrogen and oxygen atoms in total. The van der Waals surface area contributed by atoms with E-state index in [1.54, 1.807) is 0 Å². The maximum atomic E-state index is 12.8. The van der Waals surface area contributed by atoms with Crippen molar-refractivity contribution in [3.05, 3.63) is 23.3 Å². The monoisotopic (exact) mass is 368 g/mol. The maximum Gasteiger partial charge on any atom is 0.240 e. The number of carbonyl (C=O) groups excluding carboxylic acids is 1. The third kappa shape index (κ3) is 4.59. The van der Waals surface area contributed by atoms with Crippen molar-refractivity contribution in [3.63, 3.8) is 0 Å². The minimum absolute atomic E-state index is 0. The van der Waals surface area contributed by atoms with Gasteiger partial charge in [0.05, 0.1) is 19.3 Å². The molecule has 2 aliphatic rings. The van der Waals surface area contributed by atoms with Crippen LogP contribution in [0.25, 0.3) is 0 Å². The smallest absolute Gasteiger partial charge is 0.240 e. The molecule has 1 amide bonds. The number of fused-ring (bicyclic) bond motifs is 1. The van der Waals surface area contributed by atoms with E-state index in [0.717, 1.165) is 43.9 Å². The molecule has 3 rings (SSSR count). The Morgan fingerprint density at radius 2 is 1.84 bits per heavy atom. The second-order valence-electron chi connectivity index (χ2n) is 6.45. The number of ether oxygens (including phenoxy) is 2. The Morgan fingerprint density at radius 1 is 1.16 bits per heavy atom. The summed E-state index contributed by atoms with van der Waals surface area (Å²) in [6.07, 6.45) is 4.14. The van der Waals surface area contributed by atoms with Gasteiger partial charge < -0.3 is 19.7 Å². The fraction of sp³-hybridized carbons (Fsp3) is 0.632.